The summed E-state index contributed by atoms with van der Waals surface area (Å²) in [5.41, 5.74) is 1.28. The monoisotopic (exact) mass is 265 g/mol. The van der Waals surface area contributed by atoms with E-state index in [0.717, 1.165) is 5.69 Å². The number of nitrogens with zero attached hydrogens (tertiary/aromatic N) is 4. The second-order valence-corrected chi connectivity index (χ2v) is 4.08. The first-order chi connectivity index (χ1) is 8.60. The molecule has 0 aliphatic carbocycles. The molecular weight excluding hydrogens is 254 g/mol. The summed E-state index contributed by atoms with van der Waals surface area (Å²) in [7, 11) is 1.78. The van der Waals surface area contributed by atoms with Crippen LogP contribution in [0.15, 0.2) is 18.6 Å². The molecule has 0 aliphatic rings. The standard InChI is InChI=1S/C11H12ClN5O/c1-3-8-7(5-17(2)16-8)11(18)15-10-4-9(12)13-6-14-10/h4-6H,3H2,1-2H3,(H,13,14,15,18). The summed E-state index contributed by atoms with van der Waals surface area (Å²) in [6, 6.07) is 1.49. The highest BCUT2D eigenvalue weighted by atomic mass is 35.5. The molecule has 0 saturated carbocycles. The third-order valence-corrected chi connectivity index (χ3v) is 2.57. The third kappa shape index (κ3) is 2.65. The van der Waals surface area contributed by atoms with Gasteiger partial charge in [-0.15, -0.1) is 0 Å². The van der Waals surface area contributed by atoms with Gasteiger partial charge < -0.3 is 5.32 Å². The van der Waals surface area contributed by atoms with Crippen molar-refractivity contribution in [2.24, 2.45) is 7.05 Å². The summed E-state index contributed by atoms with van der Waals surface area (Å²) in [6.45, 7) is 1.95. The number of carbonyl (C=O) groups is 1. The Morgan fingerprint density at radius 1 is 1.50 bits per heavy atom. The molecule has 0 fully saturated rings. The van der Waals surface area contributed by atoms with Crippen LogP contribution < -0.4 is 5.32 Å². The SMILES string of the molecule is CCc1nn(C)cc1C(=O)Nc1cc(Cl)ncn1. The Bertz CT molecular complexity index is 581. The Labute approximate surface area is 109 Å². The van der Waals surface area contributed by atoms with Crippen molar-refractivity contribution in [1.82, 2.24) is 19.7 Å². The average Bonchev–Trinajstić information content (AvgIpc) is 2.70. The number of aryl methyl sites for hydroxylation is 2. The summed E-state index contributed by atoms with van der Waals surface area (Å²) in [6.07, 6.45) is 3.66. The molecule has 0 spiro atoms. The maximum Gasteiger partial charge on any atom is 0.260 e. The number of hydrogen-bond acceptors (Lipinski definition) is 4. The van der Waals surface area contributed by atoms with E-state index in [-0.39, 0.29) is 11.1 Å². The summed E-state index contributed by atoms with van der Waals surface area (Å²) in [4.78, 5) is 19.7. The molecule has 0 bridgehead atoms. The molecular formula is C11H12ClN5O. The van der Waals surface area contributed by atoms with Crippen LogP contribution in [0.5, 0.6) is 0 Å². The molecule has 0 unspecified atom stereocenters. The van der Waals surface area contributed by atoms with E-state index in [1.807, 2.05) is 6.92 Å². The maximum atomic E-state index is 12.1. The molecule has 0 aliphatic heterocycles. The minimum Gasteiger partial charge on any atom is -0.306 e. The highest BCUT2D eigenvalue weighted by molar-refractivity contribution is 6.29. The molecule has 2 heterocycles. The van der Waals surface area contributed by atoms with E-state index in [9.17, 15) is 4.79 Å². The molecule has 0 saturated heterocycles. The quantitative estimate of drug-likeness (QED) is 0.857. The first-order valence-electron chi connectivity index (χ1n) is 5.41. The normalized spacial score (nSPS) is 10.4. The largest absolute Gasteiger partial charge is 0.306 e. The Balaban J connectivity index is 2.21. The van der Waals surface area contributed by atoms with E-state index < -0.39 is 0 Å². The van der Waals surface area contributed by atoms with E-state index >= 15 is 0 Å². The van der Waals surface area contributed by atoms with Crippen molar-refractivity contribution in [1.29, 1.82) is 0 Å². The lowest BCUT2D eigenvalue weighted by Crippen LogP contribution is -2.14. The molecule has 0 aromatic carbocycles. The van der Waals surface area contributed by atoms with Crippen LogP contribution in [0.2, 0.25) is 5.15 Å². The Morgan fingerprint density at radius 3 is 2.94 bits per heavy atom. The smallest absolute Gasteiger partial charge is 0.260 e. The topological polar surface area (TPSA) is 72.7 Å². The number of anilines is 1. The van der Waals surface area contributed by atoms with Gasteiger partial charge in [-0.2, -0.15) is 5.10 Å². The van der Waals surface area contributed by atoms with Crippen molar-refractivity contribution >= 4 is 23.3 Å². The Kier molecular flexibility index (Phi) is 3.57. The zero-order chi connectivity index (χ0) is 13.1. The van der Waals surface area contributed by atoms with Gasteiger partial charge in [0.2, 0.25) is 0 Å². The highest BCUT2D eigenvalue weighted by Crippen LogP contribution is 2.12. The third-order valence-electron chi connectivity index (χ3n) is 2.36. The van der Waals surface area contributed by atoms with Gasteiger partial charge in [0.25, 0.3) is 5.91 Å². The van der Waals surface area contributed by atoms with Crippen molar-refractivity contribution in [2.75, 3.05) is 5.32 Å². The summed E-state index contributed by atoms with van der Waals surface area (Å²) in [5, 5.41) is 7.15. The van der Waals surface area contributed by atoms with Crippen molar-refractivity contribution in [3.8, 4) is 0 Å². The van der Waals surface area contributed by atoms with Crippen LogP contribution in [0.4, 0.5) is 5.82 Å². The van der Waals surface area contributed by atoms with Gasteiger partial charge >= 0.3 is 0 Å². The van der Waals surface area contributed by atoms with Crippen LogP contribution in [-0.4, -0.2) is 25.7 Å². The van der Waals surface area contributed by atoms with Gasteiger partial charge in [0.15, 0.2) is 0 Å². The lowest BCUT2D eigenvalue weighted by Gasteiger charge is -2.03. The molecule has 94 valence electrons. The van der Waals surface area contributed by atoms with Gasteiger partial charge in [-0.3, -0.25) is 9.48 Å². The predicted octanol–water partition coefficient (Wildman–Crippen LogP) is 1.68. The lowest BCUT2D eigenvalue weighted by atomic mass is 10.2. The van der Waals surface area contributed by atoms with Gasteiger partial charge in [0.05, 0.1) is 11.3 Å². The van der Waals surface area contributed by atoms with Crippen molar-refractivity contribution in [2.45, 2.75) is 13.3 Å². The zero-order valence-electron chi connectivity index (χ0n) is 10.0. The molecule has 2 aromatic rings. The number of rotatable bonds is 3. The lowest BCUT2D eigenvalue weighted by molar-refractivity contribution is 0.102. The maximum absolute atomic E-state index is 12.1. The zero-order valence-corrected chi connectivity index (χ0v) is 10.8. The van der Waals surface area contributed by atoms with Crippen LogP contribution in [0.3, 0.4) is 0 Å². The molecule has 1 amide bonds. The number of aromatic nitrogens is 4. The van der Waals surface area contributed by atoms with Crippen LogP contribution in [-0.2, 0) is 13.5 Å². The van der Waals surface area contributed by atoms with Gasteiger partial charge in [-0.1, -0.05) is 18.5 Å². The summed E-state index contributed by atoms with van der Waals surface area (Å²) >= 11 is 5.72. The average molecular weight is 266 g/mol. The Hall–Kier alpha value is -1.95. The highest BCUT2D eigenvalue weighted by Gasteiger charge is 2.14. The van der Waals surface area contributed by atoms with E-state index in [1.54, 1.807) is 17.9 Å². The van der Waals surface area contributed by atoms with Crippen LogP contribution in [0.1, 0.15) is 23.0 Å². The van der Waals surface area contributed by atoms with Gasteiger partial charge in [0, 0.05) is 19.3 Å². The predicted molar refractivity (Wildman–Crippen MR) is 67.6 cm³/mol. The van der Waals surface area contributed by atoms with E-state index in [4.69, 9.17) is 11.6 Å². The molecule has 2 rings (SSSR count). The number of carbonyl (C=O) groups excluding carboxylic acids is 1. The second kappa shape index (κ2) is 5.14. The van der Waals surface area contributed by atoms with Gasteiger partial charge in [-0.25, -0.2) is 9.97 Å². The van der Waals surface area contributed by atoms with E-state index in [0.29, 0.717) is 17.8 Å². The van der Waals surface area contributed by atoms with Gasteiger partial charge in [0.1, 0.15) is 17.3 Å². The minimum atomic E-state index is -0.255. The number of halogens is 1. The number of amides is 1. The van der Waals surface area contributed by atoms with E-state index in [1.165, 1.54) is 12.4 Å². The number of nitrogens with one attached hydrogen (secondary N) is 1. The molecule has 0 atom stereocenters. The molecule has 0 radical (unpaired) electrons. The fourth-order valence-electron chi connectivity index (χ4n) is 1.57. The number of hydrogen-bond donors (Lipinski definition) is 1. The molecule has 6 nitrogen and oxygen atoms in total. The second-order valence-electron chi connectivity index (χ2n) is 3.70. The molecule has 18 heavy (non-hydrogen) atoms. The molecule has 2 aromatic heterocycles. The van der Waals surface area contributed by atoms with E-state index in [2.05, 4.69) is 20.4 Å². The summed E-state index contributed by atoms with van der Waals surface area (Å²) < 4.78 is 1.61. The molecule has 7 heteroatoms. The van der Waals surface area contributed by atoms with Crippen LogP contribution in [0, 0.1) is 0 Å². The van der Waals surface area contributed by atoms with Crippen molar-refractivity contribution in [3.05, 3.63) is 35.0 Å². The first kappa shape index (κ1) is 12.5. The summed E-state index contributed by atoms with van der Waals surface area (Å²) in [5.74, 6) is 0.112. The van der Waals surface area contributed by atoms with Crippen molar-refractivity contribution in [3.63, 3.8) is 0 Å². The van der Waals surface area contributed by atoms with Crippen LogP contribution >= 0.6 is 11.6 Å². The first-order valence-corrected chi connectivity index (χ1v) is 5.79. The van der Waals surface area contributed by atoms with Crippen LogP contribution in [0.25, 0.3) is 0 Å². The fraction of sp³-hybridized carbons (Fsp3) is 0.273. The molecule has 1 N–H and O–H groups in total. The fourth-order valence-corrected chi connectivity index (χ4v) is 1.72. The van der Waals surface area contributed by atoms with Crippen molar-refractivity contribution < 1.29 is 4.79 Å². The van der Waals surface area contributed by atoms with Gasteiger partial charge in [-0.05, 0) is 6.42 Å². The minimum absolute atomic E-state index is 0.255. The Morgan fingerprint density at radius 2 is 2.28 bits per heavy atom.